The molecule has 1 unspecified atom stereocenters. The third kappa shape index (κ3) is 4.19. The smallest absolute Gasteiger partial charge is 0.261 e. The van der Waals surface area contributed by atoms with Crippen molar-refractivity contribution >= 4 is 28.8 Å². The lowest BCUT2D eigenvalue weighted by Crippen LogP contribution is -2.37. The van der Waals surface area contributed by atoms with E-state index in [1.54, 1.807) is 6.20 Å². The molecule has 152 valence electrons. The van der Waals surface area contributed by atoms with Gasteiger partial charge in [0.1, 0.15) is 5.65 Å². The third-order valence-corrected chi connectivity index (χ3v) is 6.53. The molecule has 1 aliphatic rings. The Balaban J connectivity index is 1.36. The number of hydrogen-bond donors (Lipinski definition) is 1. The molecule has 0 saturated carbocycles. The van der Waals surface area contributed by atoms with E-state index in [9.17, 15) is 9.59 Å². The highest BCUT2D eigenvalue weighted by Gasteiger charge is 2.33. The summed E-state index contributed by atoms with van der Waals surface area (Å²) in [5.41, 5.74) is 1.53. The van der Waals surface area contributed by atoms with Crippen molar-refractivity contribution in [3.63, 3.8) is 0 Å². The minimum Gasteiger partial charge on any atom is -0.347 e. The van der Waals surface area contributed by atoms with Gasteiger partial charge < -0.3 is 14.6 Å². The summed E-state index contributed by atoms with van der Waals surface area (Å²) in [6.07, 6.45) is 6.54. The van der Waals surface area contributed by atoms with Crippen LogP contribution in [0.15, 0.2) is 42.9 Å². The predicted molar refractivity (Wildman–Crippen MR) is 114 cm³/mol. The summed E-state index contributed by atoms with van der Waals surface area (Å²) >= 11 is 1.53. The molecule has 0 aliphatic carbocycles. The first-order valence-electron chi connectivity index (χ1n) is 9.90. The Bertz CT molecular complexity index is 1050. The van der Waals surface area contributed by atoms with Crippen LogP contribution in [-0.4, -0.2) is 39.2 Å². The van der Waals surface area contributed by atoms with Gasteiger partial charge in [0.25, 0.3) is 5.91 Å². The van der Waals surface area contributed by atoms with E-state index in [0.29, 0.717) is 17.3 Å². The summed E-state index contributed by atoms with van der Waals surface area (Å²) in [5.74, 6) is 0.449. The molecule has 0 bridgehead atoms. The fourth-order valence-corrected chi connectivity index (χ4v) is 4.73. The number of hydrogen-bond acceptors (Lipinski definition) is 4. The average Bonchev–Trinajstić information content (AvgIpc) is 3.44. The molecule has 1 N–H and O–H groups in total. The molecule has 7 heteroatoms. The Morgan fingerprint density at radius 3 is 2.86 bits per heavy atom. The first-order chi connectivity index (χ1) is 13.8. The van der Waals surface area contributed by atoms with E-state index in [2.05, 4.69) is 10.3 Å². The minimum atomic E-state index is -0.352. The predicted octanol–water partition coefficient (Wildman–Crippen LogP) is 3.69. The van der Waals surface area contributed by atoms with Crippen molar-refractivity contribution in [1.29, 1.82) is 0 Å². The molecule has 3 aromatic heterocycles. The summed E-state index contributed by atoms with van der Waals surface area (Å²) in [5, 5.41) is 2.99. The zero-order valence-corrected chi connectivity index (χ0v) is 17.8. The fourth-order valence-electron chi connectivity index (χ4n) is 3.68. The van der Waals surface area contributed by atoms with E-state index in [4.69, 9.17) is 0 Å². The second-order valence-corrected chi connectivity index (χ2v) is 9.71. The van der Waals surface area contributed by atoms with Crippen molar-refractivity contribution in [2.45, 2.75) is 39.7 Å². The molecule has 29 heavy (non-hydrogen) atoms. The van der Waals surface area contributed by atoms with E-state index >= 15 is 0 Å². The van der Waals surface area contributed by atoms with Gasteiger partial charge in [0.2, 0.25) is 5.91 Å². The number of carbonyl (C=O) groups excluding carboxylic acids is 2. The molecular weight excluding hydrogens is 384 g/mol. The van der Waals surface area contributed by atoms with Crippen molar-refractivity contribution in [2.24, 2.45) is 5.41 Å². The largest absolute Gasteiger partial charge is 0.347 e. The van der Waals surface area contributed by atoms with Gasteiger partial charge in [-0.2, -0.15) is 0 Å². The Morgan fingerprint density at radius 1 is 1.24 bits per heavy atom. The van der Waals surface area contributed by atoms with E-state index in [0.717, 1.165) is 30.7 Å². The molecule has 1 atom stereocenters. The molecule has 1 aliphatic heterocycles. The van der Waals surface area contributed by atoms with Crippen molar-refractivity contribution < 1.29 is 9.59 Å². The number of amides is 2. The van der Waals surface area contributed by atoms with Gasteiger partial charge in [-0.05, 0) is 36.2 Å². The van der Waals surface area contributed by atoms with Crippen LogP contribution in [-0.2, 0) is 11.3 Å². The summed E-state index contributed by atoms with van der Waals surface area (Å²) in [7, 11) is 0. The maximum atomic E-state index is 12.6. The van der Waals surface area contributed by atoms with E-state index in [1.807, 2.05) is 66.7 Å². The number of imidazole rings is 1. The van der Waals surface area contributed by atoms with Crippen LogP contribution in [0.1, 0.15) is 53.2 Å². The molecule has 0 radical (unpaired) electrons. The maximum Gasteiger partial charge on any atom is 0.261 e. The summed E-state index contributed by atoms with van der Waals surface area (Å²) in [4.78, 5) is 33.2. The van der Waals surface area contributed by atoms with Crippen LogP contribution in [0.4, 0.5) is 0 Å². The van der Waals surface area contributed by atoms with Crippen molar-refractivity contribution in [3.8, 4) is 0 Å². The first-order valence-corrected chi connectivity index (χ1v) is 10.7. The molecule has 1 saturated heterocycles. The van der Waals surface area contributed by atoms with E-state index < -0.39 is 0 Å². The summed E-state index contributed by atoms with van der Waals surface area (Å²) in [6, 6.07) is 7.88. The number of nitrogens with one attached hydrogen (secondary N) is 1. The number of carbonyl (C=O) groups is 2. The monoisotopic (exact) mass is 410 g/mol. The highest BCUT2D eigenvalue weighted by atomic mass is 32.1. The number of fused-ring (bicyclic) bond motifs is 1. The zero-order chi connectivity index (χ0) is 20.6. The standard InChI is InChI=1S/C22H26N4O2S/c1-22(2,3)21(28)26-10-7-16(14-26)17-4-5-18(29-17)20(27)24-13-15-6-9-25-11-8-23-19(25)12-15/h4-6,8-9,11-12,16H,7,10,13-14H2,1-3H3,(H,24,27). The number of pyridine rings is 1. The maximum absolute atomic E-state index is 12.6. The molecule has 1 fully saturated rings. The summed E-state index contributed by atoms with van der Waals surface area (Å²) < 4.78 is 1.94. The van der Waals surface area contributed by atoms with Crippen LogP contribution in [0.3, 0.4) is 0 Å². The molecule has 4 rings (SSSR count). The number of likely N-dealkylation sites (tertiary alicyclic amines) is 1. The second-order valence-electron chi connectivity index (χ2n) is 8.60. The molecule has 0 spiro atoms. The van der Waals surface area contributed by atoms with Crippen LogP contribution >= 0.6 is 11.3 Å². The van der Waals surface area contributed by atoms with Crippen LogP contribution in [0.2, 0.25) is 0 Å². The molecule has 3 aromatic rings. The van der Waals surface area contributed by atoms with Gasteiger partial charge in [0.15, 0.2) is 0 Å². The molecule has 2 amide bonds. The first kappa shape index (κ1) is 19.6. The Labute approximate surface area is 174 Å². The van der Waals surface area contributed by atoms with Gasteiger partial charge in [-0.15, -0.1) is 11.3 Å². The van der Waals surface area contributed by atoms with Gasteiger partial charge in [-0.1, -0.05) is 20.8 Å². The molecule has 0 aromatic carbocycles. The average molecular weight is 411 g/mol. The van der Waals surface area contributed by atoms with Crippen molar-refractivity contribution in [2.75, 3.05) is 13.1 Å². The van der Waals surface area contributed by atoms with Gasteiger partial charge in [-0.3, -0.25) is 9.59 Å². The second kappa shape index (κ2) is 7.63. The summed E-state index contributed by atoms with van der Waals surface area (Å²) in [6.45, 7) is 7.87. The minimum absolute atomic E-state index is 0.0647. The van der Waals surface area contributed by atoms with Crippen LogP contribution in [0, 0.1) is 5.41 Å². The van der Waals surface area contributed by atoms with Crippen LogP contribution < -0.4 is 5.32 Å². The van der Waals surface area contributed by atoms with Gasteiger partial charge in [-0.25, -0.2) is 4.98 Å². The molecular formula is C22H26N4O2S. The Kier molecular flexibility index (Phi) is 5.17. The van der Waals surface area contributed by atoms with E-state index in [1.165, 1.54) is 16.2 Å². The Morgan fingerprint density at radius 2 is 2.07 bits per heavy atom. The highest BCUT2D eigenvalue weighted by Crippen LogP contribution is 2.34. The SMILES string of the molecule is CC(C)(C)C(=O)N1CCC(c2ccc(C(=O)NCc3ccn4ccnc4c3)s2)C1. The van der Waals surface area contributed by atoms with Crippen molar-refractivity contribution in [3.05, 3.63) is 58.2 Å². The normalized spacial score (nSPS) is 17.1. The lowest BCUT2D eigenvalue weighted by atomic mass is 9.95. The zero-order valence-electron chi connectivity index (χ0n) is 17.0. The molecule has 4 heterocycles. The number of nitrogens with zero attached hydrogens (tertiary/aromatic N) is 3. The topological polar surface area (TPSA) is 66.7 Å². The van der Waals surface area contributed by atoms with Crippen LogP contribution in [0.5, 0.6) is 0 Å². The highest BCUT2D eigenvalue weighted by molar-refractivity contribution is 7.14. The third-order valence-electron chi connectivity index (χ3n) is 5.29. The lowest BCUT2D eigenvalue weighted by Gasteiger charge is -2.25. The number of rotatable bonds is 4. The van der Waals surface area contributed by atoms with Gasteiger partial charge in [0, 0.05) is 54.4 Å². The van der Waals surface area contributed by atoms with E-state index in [-0.39, 0.29) is 17.2 Å². The van der Waals surface area contributed by atoms with Crippen molar-refractivity contribution in [1.82, 2.24) is 19.6 Å². The Hall–Kier alpha value is -2.67. The quantitative estimate of drug-likeness (QED) is 0.713. The van der Waals surface area contributed by atoms with Gasteiger partial charge in [0.05, 0.1) is 4.88 Å². The van der Waals surface area contributed by atoms with Crippen LogP contribution in [0.25, 0.3) is 5.65 Å². The van der Waals surface area contributed by atoms with Gasteiger partial charge >= 0.3 is 0 Å². The molecule has 6 nitrogen and oxygen atoms in total. The fraction of sp³-hybridized carbons (Fsp3) is 0.409. The number of thiophene rings is 1. The number of aromatic nitrogens is 2. The lowest BCUT2D eigenvalue weighted by molar-refractivity contribution is -0.138.